The van der Waals surface area contributed by atoms with Gasteiger partial charge >= 0.3 is 0 Å². The van der Waals surface area contributed by atoms with Crippen LogP contribution in [0.3, 0.4) is 0 Å². The zero-order valence-electron chi connectivity index (χ0n) is 12.9. The Morgan fingerprint density at radius 2 is 2.20 bits per heavy atom. The van der Waals surface area contributed by atoms with Gasteiger partial charge in [0.25, 0.3) is 5.91 Å². The predicted molar refractivity (Wildman–Crippen MR) is 83.1 cm³/mol. The summed E-state index contributed by atoms with van der Waals surface area (Å²) in [4.78, 5) is 18.6. The van der Waals surface area contributed by atoms with E-state index in [4.69, 9.17) is 0 Å². The molecule has 0 aliphatic heterocycles. The Bertz CT molecular complexity index is 420. The van der Waals surface area contributed by atoms with E-state index in [1.807, 2.05) is 21.0 Å². The molecule has 0 aliphatic carbocycles. The van der Waals surface area contributed by atoms with Crippen LogP contribution >= 0.6 is 0 Å². The summed E-state index contributed by atoms with van der Waals surface area (Å²) in [5.74, 6) is 0.592. The van der Waals surface area contributed by atoms with Crippen molar-refractivity contribution in [1.82, 2.24) is 15.2 Å². The molecule has 0 aliphatic rings. The molecule has 0 bridgehead atoms. The number of nitrogens with one attached hydrogen (secondary N) is 2. The van der Waals surface area contributed by atoms with E-state index in [0.29, 0.717) is 11.4 Å². The van der Waals surface area contributed by atoms with Crippen LogP contribution in [-0.4, -0.2) is 49.0 Å². The molecule has 0 radical (unpaired) electrons. The second kappa shape index (κ2) is 8.53. The SMILES string of the molecule is CCCNc1ncccc1C(=O)NC(C)CCN(C)C. The average Bonchev–Trinajstić information content (AvgIpc) is 2.43. The zero-order valence-corrected chi connectivity index (χ0v) is 12.9. The molecule has 1 amide bonds. The summed E-state index contributed by atoms with van der Waals surface area (Å²) in [6, 6.07) is 3.74. The van der Waals surface area contributed by atoms with Gasteiger partial charge < -0.3 is 15.5 Å². The summed E-state index contributed by atoms with van der Waals surface area (Å²) in [5, 5.41) is 6.21. The number of pyridine rings is 1. The number of amides is 1. The van der Waals surface area contributed by atoms with Crippen LogP contribution in [0.1, 0.15) is 37.0 Å². The normalized spacial score (nSPS) is 12.2. The first-order valence-electron chi connectivity index (χ1n) is 7.19. The lowest BCUT2D eigenvalue weighted by molar-refractivity contribution is 0.0937. The van der Waals surface area contributed by atoms with E-state index in [2.05, 4.69) is 27.4 Å². The number of anilines is 1. The number of hydrogen-bond donors (Lipinski definition) is 2. The van der Waals surface area contributed by atoms with Crippen molar-refractivity contribution in [3.63, 3.8) is 0 Å². The van der Waals surface area contributed by atoms with Crippen LogP contribution in [0.25, 0.3) is 0 Å². The first-order valence-corrected chi connectivity index (χ1v) is 7.19. The maximum absolute atomic E-state index is 12.3. The molecule has 1 aromatic rings. The molecule has 2 N–H and O–H groups in total. The van der Waals surface area contributed by atoms with Crippen LogP contribution in [0.15, 0.2) is 18.3 Å². The molecule has 5 nitrogen and oxygen atoms in total. The highest BCUT2D eigenvalue weighted by atomic mass is 16.1. The van der Waals surface area contributed by atoms with Gasteiger partial charge in [0.15, 0.2) is 0 Å². The molecule has 0 saturated carbocycles. The Morgan fingerprint density at radius 3 is 2.85 bits per heavy atom. The molecule has 0 spiro atoms. The van der Waals surface area contributed by atoms with Crippen LogP contribution in [0.5, 0.6) is 0 Å². The second-order valence-corrected chi connectivity index (χ2v) is 5.29. The molecule has 112 valence electrons. The predicted octanol–water partition coefficient (Wildman–Crippen LogP) is 1.97. The van der Waals surface area contributed by atoms with Gasteiger partial charge in [-0.2, -0.15) is 0 Å². The molecular formula is C15H26N4O. The molecule has 1 heterocycles. The molecule has 1 aromatic heterocycles. The first-order chi connectivity index (χ1) is 9.54. The fourth-order valence-corrected chi connectivity index (χ4v) is 1.80. The van der Waals surface area contributed by atoms with Gasteiger partial charge in [-0.15, -0.1) is 0 Å². The maximum Gasteiger partial charge on any atom is 0.255 e. The quantitative estimate of drug-likeness (QED) is 0.763. The van der Waals surface area contributed by atoms with Gasteiger partial charge in [-0.3, -0.25) is 4.79 Å². The molecule has 0 fully saturated rings. The van der Waals surface area contributed by atoms with Crippen molar-refractivity contribution in [2.45, 2.75) is 32.7 Å². The van der Waals surface area contributed by atoms with Gasteiger partial charge in [-0.25, -0.2) is 4.98 Å². The number of nitrogens with zero attached hydrogens (tertiary/aromatic N) is 2. The number of hydrogen-bond acceptors (Lipinski definition) is 4. The van der Waals surface area contributed by atoms with Crippen molar-refractivity contribution in [1.29, 1.82) is 0 Å². The van der Waals surface area contributed by atoms with Gasteiger partial charge in [-0.1, -0.05) is 6.92 Å². The molecule has 0 saturated heterocycles. The van der Waals surface area contributed by atoms with E-state index in [1.54, 1.807) is 18.3 Å². The molecule has 1 atom stereocenters. The van der Waals surface area contributed by atoms with E-state index >= 15 is 0 Å². The minimum atomic E-state index is -0.0667. The highest BCUT2D eigenvalue weighted by Gasteiger charge is 2.14. The van der Waals surface area contributed by atoms with E-state index in [1.165, 1.54) is 0 Å². The van der Waals surface area contributed by atoms with Gasteiger partial charge in [0.2, 0.25) is 0 Å². The minimum Gasteiger partial charge on any atom is -0.369 e. The molecule has 5 heteroatoms. The summed E-state index contributed by atoms with van der Waals surface area (Å²) in [6.45, 7) is 5.87. The van der Waals surface area contributed by atoms with E-state index in [-0.39, 0.29) is 11.9 Å². The Morgan fingerprint density at radius 1 is 1.45 bits per heavy atom. The van der Waals surface area contributed by atoms with Crippen molar-refractivity contribution in [3.05, 3.63) is 23.9 Å². The summed E-state index contributed by atoms with van der Waals surface area (Å²) < 4.78 is 0. The van der Waals surface area contributed by atoms with Crippen molar-refractivity contribution in [3.8, 4) is 0 Å². The summed E-state index contributed by atoms with van der Waals surface area (Å²) >= 11 is 0. The van der Waals surface area contributed by atoms with Crippen LogP contribution in [0.4, 0.5) is 5.82 Å². The first kappa shape index (κ1) is 16.4. The highest BCUT2D eigenvalue weighted by molar-refractivity contribution is 5.98. The Labute approximate surface area is 121 Å². The molecular weight excluding hydrogens is 252 g/mol. The average molecular weight is 278 g/mol. The lowest BCUT2D eigenvalue weighted by Gasteiger charge is -2.17. The molecule has 1 rings (SSSR count). The van der Waals surface area contributed by atoms with Crippen molar-refractivity contribution < 1.29 is 4.79 Å². The highest BCUT2D eigenvalue weighted by Crippen LogP contribution is 2.11. The Hall–Kier alpha value is -1.62. The third-order valence-electron chi connectivity index (χ3n) is 2.98. The van der Waals surface area contributed by atoms with E-state index in [9.17, 15) is 4.79 Å². The van der Waals surface area contributed by atoms with Crippen molar-refractivity contribution >= 4 is 11.7 Å². The number of rotatable bonds is 8. The zero-order chi connectivity index (χ0) is 15.0. The fourth-order valence-electron chi connectivity index (χ4n) is 1.80. The van der Waals surface area contributed by atoms with Gasteiger partial charge in [0.05, 0.1) is 5.56 Å². The van der Waals surface area contributed by atoms with Gasteiger partial charge in [-0.05, 0) is 52.5 Å². The lowest BCUT2D eigenvalue weighted by atomic mass is 10.2. The van der Waals surface area contributed by atoms with Crippen LogP contribution < -0.4 is 10.6 Å². The third-order valence-corrected chi connectivity index (χ3v) is 2.98. The molecule has 1 unspecified atom stereocenters. The Kier molecular flexibility index (Phi) is 7.01. The fraction of sp³-hybridized carbons (Fsp3) is 0.600. The smallest absolute Gasteiger partial charge is 0.255 e. The Balaban J connectivity index is 2.62. The van der Waals surface area contributed by atoms with Gasteiger partial charge in [0.1, 0.15) is 5.82 Å². The second-order valence-electron chi connectivity index (χ2n) is 5.29. The monoisotopic (exact) mass is 278 g/mol. The van der Waals surface area contributed by atoms with Gasteiger partial charge in [0, 0.05) is 18.8 Å². The number of aromatic nitrogens is 1. The van der Waals surface area contributed by atoms with Crippen LogP contribution in [0.2, 0.25) is 0 Å². The van der Waals surface area contributed by atoms with E-state index in [0.717, 1.165) is 25.9 Å². The standard InChI is InChI=1S/C15H26N4O/c1-5-9-16-14-13(7-6-10-17-14)15(20)18-12(2)8-11-19(3)4/h6-7,10,12H,5,8-9,11H2,1-4H3,(H,16,17)(H,18,20). The summed E-state index contributed by atoms with van der Waals surface area (Å²) in [5.41, 5.74) is 0.609. The van der Waals surface area contributed by atoms with Crippen molar-refractivity contribution in [2.75, 3.05) is 32.5 Å². The lowest BCUT2D eigenvalue weighted by Crippen LogP contribution is -2.35. The summed E-state index contributed by atoms with van der Waals surface area (Å²) in [6.07, 6.45) is 3.62. The topological polar surface area (TPSA) is 57.3 Å². The molecule has 20 heavy (non-hydrogen) atoms. The number of carbonyl (C=O) groups is 1. The maximum atomic E-state index is 12.3. The van der Waals surface area contributed by atoms with Crippen LogP contribution in [0, 0.1) is 0 Å². The number of carbonyl (C=O) groups excluding carboxylic acids is 1. The van der Waals surface area contributed by atoms with Crippen LogP contribution in [-0.2, 0) is 0 Å². The summed E-state index contributed by atoms with van der Waals surface area (Å²) in [7, 11) is 4.06. The largest absolute Gasteiger partial charge is 0.369 e. The molecule has 0 aromatic carbocycles. The van der Waals surface area contributed by atoms with Crippen molar-refractivity contribution in [2.24, 2.45) is 0 Å². The minimum absolute atomic E-state index is 0.0667. The third kappa shape index (κ3) is 5.57. The van der Waals surface area contributed by atoms with E-state index < -0.39 is 0 Å².